The van der Waals surface area contributed by atoms with Gasteiger partial charge in [-0.25, -0.2) is 0 Å². The average molecular weight is 335 g/mol. The molecule has 2 heterocycles. The lowest BCUT2D eigenvalue weighted by atomic mass is 10.1. The number of aromatic amines is 1. The van der Waals surface area contributed by atoms with Crippen LogP contribution in [0.3, 0.4) is 0 Å². The highest BCUT2D eigenvalue weighted by molar-refractivity contribution is 6.31. The minimum Gasteiger partial charge on any atom is -0.488 e. The number of H-pyrrole nitrogens is 1. The Morgan fingerprint density at radius 2 is 2.22 bits per heavy atom. The predicted octanol–water partition coefficient (Wildman–Crippen LogP) is 2.79. The molecule has 6 nitrogen and oxygen atoms in total. The lowest BCUT2D eigenvalue weighted by molar-refractivity contribution is 0.102. The summed E-state index contributed by atoms with van der Waals surface area (Å²) in [5, 5.41) is 9.78. The van der Waals surface area contributed by atoms with Crippen LogP contribution < -0.4 is 10.1 Å². The van der Waals surface area contributed by atoms with E-state index in [9.17, 15) is 4.79 Å². The Bertz CT molecular complexity index is 667. The molecule has 1 aromatic carbocycles. The zero-order valence-corrected chi connectivity index (χ0v) is 13.6. The van der Waals surface area contributed by atoms with Crippen molar-refractivity contribution < 1.29 is 9.53 Å². The van der Waals surface area contributed by atoms with Crippen molar-refractivity contribution in [3.05, 3.63) is 41.2 Å². The van der Waals surface area contributed by atoms with E-state index in [4.69, 9.17) is 16.3 Å². The number of aromatic nitrogens is 2. The Balaban J connectivity index is 1.74. The molecule has 0 spiro atoms. The second-order valence-electron chi connectivity index (χ2n) is 5.70. The van der Waals surface area contributed by atoms with Crippen molar-refractivity contribution in [1.82, 2.24) is 15.1 Å². The lowest BCUT2D eigenvalue weighted by Gasteiger charge is -2.29. The van der Waals surface area contributed by atoms with Gasteiger partial charge in [-0.3, -0.25) is 9.89 Å². The fourth-order valence-electron chi connectivity index (χ4n) is 2.55. The van der Waals surface area contributed by atoms with Crippen molar-refractivity contribution in [2.75, 3.05) is 25.5 Å². The number of nitrogens with one attached hydrogen (secondary N) is 2. The van der Waals surface area contributed by atoms with E-state index in [1.807, 2.05) is 0 Å². The van der Waals surface area contributed by atoms with Gasteiger partial charge in [-0.2, -0.15) is 5.10 Å². The Morgan fingerprint density at radius 1 is 1.43 bits per heavy atom. The summed E-state index contributed by atoms with van der Waals surface area (Å²) >= 11 is 6.06. The number of ether oxygens (including phenoxy) is 1. The monoisotopic (exact) mass is 334 g/mol. The van der Waals surface area contributed by atoms with E-state index in [2.05, 4.69) is 27.5 Å². The highest BCUT2D eigenvalue weighted by Gasteiger charge is 2.20. The van der Waals surface area contributed by atoms with Crippen molar-refractivity contribution in [1.29, 1.82) is 0 Å². The molecule has 0 saturated carbocycles. The molecule has 0 unspecified atom stereocenters. The summed E-state index contributed by atoms with van der Waals surface area (Å²) in [7, 11) is 2.11. The van der Waals surface area contributed by atoms with Gasteiger partial charge in [0.2, 0.25) is 0 Å². The minimum absolute atomic E-state index is 0.150. The van der Waals surface area contributed by atoms with Crippen LogP contribution in [0.1, 0.15) is 23.2 Å². The van der Waals surface area contributed by atoms with Crippen molar-refractivity contribution >= 4 is 23.2 Å². The Kier molecular flexibility index (Phi) is 4.83. The Hall–Kier alpha value is -2.05. The van der Waals surface area contributed by atoms with Crippen LogP contribution in [0.25, 0.3) is 0 Å². The summed E-state index contributed by atoms with van der Waals surface area (Å²) in [4.78, 5) is 14.5. The maximum absolute atomic E-state index is 12.2. The first-order valence-corrected chi connectivity index (χ1v) is 7.94. The number of hydrogen-bond donors (Lipinski definition) is 2. The second-order valence-corrected chi connectivity index (χ2v) is 6.14. The van der Waals surface area contributed by atoms with E-state index < -0.39 is 0 Å². The van der Waals surface area contributed by atoms with Gasteiger partial charge in [-0.15, -0.1) is 0 Å². The van der Waals surface area contributed by atoms with E-state index in [1.54, 1.807) is 18.2 Å². The third-order valence-corrected chi connectivity index (χ3v) is 4.14. The number of carbonyl (C=O) groups is 1. The van der Waals surface area contributed by atoms with Gasteiger partial charge >= 0.3 is 0 Å². The molecule has 1 aliphatic rings. The van der Waals surface area contributed by atoms with E-state index in [0.717, 1.165) is 25.9 Å². The second kappa shape index (κ2) is 7.02. The van der Waals surface area contributed by atoms with Crippen LogP contribution in [0.15, 0.2) is 30.6 Å². The molecule has 2 aromatic rings. The molecule has 0 bridgehead atoms. The molecule has 0 aliphatic carbocycles. The first kappa shape index (κ1) is 15.8. The summed E-state index contributed by atoms with van der Waals surface area (Å²) < 4.78 is 6.08. The summed E-state index contributed by atoms with van der Waals surface area (Å²) in [6.45, 7) is 2.02. The van der Waals surface area contributed by atoms with Crippen LogP contribution in [0, 0.1) is 0 Å². The average Bonchev–Trinajstić information content (AvgIpc) is 3.06. The van der Waals surface area contributed by atoms with Gasteiger partial charge in [0.05, 0.1) is 17.4 Å². The molecule has 1 aromatic heterocycles. The largest absolute Gasteiger partial charge is 0.488 e. The van der Waals surface area contributed by atoms with Crippen LogP contribution in [0.4, 0.5) is 5.69 Å². The van der Waals surface area contributed by atoms with Gasteiger partial charge in [0.25, 0.3) is 5.91 Å². The SMILES string of the molecule is CN1CCC(Oc2ccc(Cl)cc2NC(=O)c2cn[nH]c2)CC1. The van der Waals surface area contributed by atoms with Gasteiger partial charge < -0.3 is 15.0 Å². The normalized spacial score (nSPS) is 16.3. The van der Waals surface area contributed by atoms with Crippen molar-refractivity contribution in [2.45, 2.75) is 18.9 Å². The molecule has 23 heavy (non-hydrogen) atoms. The van der Waals surface area contributed by atoms with Gasteiger partial charge in [0.15, 0.2) is 0 Å². The molecule has 3 rings (SSSR count). The van der Waals surface area contributed by atoms with E-state index >= 15 is 0 Å². The molecule has 122 valence electrons. The van der Waals surface area contributed by atoms with Crippen LogP contribution in [0.5, 0.6) is 5.75 Å². The summed E-state index contributed by atoms with van der Waals surface area (Å²) in [6.07, 6.45) is 5.09. The third kappa shape index (κ3) is 4.03. The summed E-state index contributed by atoms with van der Waals surface area (Å²) in [6, 6.07) is 5.26. The van der Waals surface area contributed by atoms with Gasteiger partial charge in [-0.05, 0) is 38.1 Å². The molecule has 0 radical (unpaired) electrons. The number of anilines is 1. The zero-order chi connectivity index (χ0) is 16.2. The summed E-state index contributed by atoms with van der Waals surface area (Å²) in [5.74, 6) is 0.384. The van der Waals surface area contributed by atoms with Crippen LogP contribution in [-0.4, -0.2) is 47.2 Å². The number of likely N-dealkylation sites (tertiary alicyclic amines) is 1. The Labute approximate surface area is 139 Å². The van der Waals surface area contributed by atoms with Crippen LogP contribution in [-0.2, 0) is 0 Å². The fourth-order valence-corrected chi connectivity index (χ4v) is 2.73. The van der Waals surface area contributed by atoms with Crippen LogP contribution >= 0.6 is 11.6 Å². The number of nitrogens with zero attached hydrogens (tertiary/aromatic N) is 2. The standard InChI is InChI=1S/C16H19ClN4O2/c1-21-6-4-13(5-7-21)23-15-3-2-12(17)8-14(15)20-16(22)11-9-18-19-10-11/h2-3,8-10,13H,4-7H2,1H3,(H,18,19)(H,20,22). The molecule has 0 atom stereocenters. The number of piperidine rings is 1. The molecule has 7 heteroatoms. The van der Waals surface area contributed by atoms with E-state index in [1.165, 1.54) is 12.4 Å². The number of halogens is 1. The topological polar surface area (TPSA) is 70.2 Å². The molecule has 2 N–H and O–H groups in total. The molecule has 1 aliphatic heterocycles. The first-order chi connectivity index (χ1) is 11.1. The Morgan fingerprint density at radius 3 is 2.91 bits per heavy atom. The number of benzene rings is 1. The molecule has 1 amide bonds. The molecule has 1 fully saturated rings. The van der Waals surface area contributed by atoms with Gasteiger partial charge in [-0.1, -0.05) is 11.6 Å². The lowest BCUT2D eigenvalue weighted by Crippen LogP contribution is -2.35. The van der Waals surface area contributed by atoms with Crippen LogP contribution in [0.2, 0.25) is 5.02 Å². The highest BCUT2D eigenvalue weighted by Crippen LogP contribution is 2.30. The molecular formula is C16H19ClN4O2. The van der Waals surface area contributed by atoms with Crippen molar-refractivity contribution in [2.24, 2.45) is 0 Å². The number of rotatable bonds is 4. The van der Waals surface area contributed by atoms with Crippen molar-refractivity contribution in [3.8, 4) is 5.75 Å². The first-order valence-electron chi connectivity index (χ1n) is 7.56. The number of carbonyl (C=O) groups excluding carboxylic acids is 1. The number of hydrogen-bond acceptors (Lipinski definition) is 4. The predicted molar refractivity (Wildman–Crippen MR) is 89.1 cm³/mol. The van der Waals surface area contributed by atoms with E-state index in [-0.39, 0.29) is 12.0 Å². The number of amides is 1. The van der Waals surface area contributed by atoms with Crippen molar-refractivity contribution in [3.63, 3.8) is 0 Å². The maximum atomic E-state index is 12.2. The maximum Gasteiger partial charge on any atom is 0.258 e. The highest BCUT2D eigenvalue weighted by atomic mass is 35.5. The van der Waals surface area contributed by atoms with Gasteiger partial charge in [0.1, 0.15) is 11.9 Å². The third-order valence-electron chi connectivity index (χ3n) is 3.91. The van der Waals surface area contributed by atoms with Gasteiger partial charge in [0, 0.05) is 24.3 Å². The molecular weight excluding hydrogens is 316 g/mol. The quantitative estimate of drug-likeness (QED) is 0.902. The molecule has 1 saturated heterocycles. The summed E-state index contributed by atoms with van der Waals surface area (Å²) in [5.41, 5.74) is 1.03. The fraction of sp³-hybridized carbons (Fsp3) is 0.375. The smallest absolute Gasteiger partial charge is 0.258 e. The van der Waals surface area contributed by atoms with E-state index in [0.29, 0.717) is 22.0 Å². The minimum atomic E-state index is -0.255. The zero-order valence-electron chi connectivity index (χ0n) is 12.9.